The van der Waals surface area contributed by atoms with Gasteiger partial charge in [-0.2, -0.15) is 0 Å². The van der Waals surface area contributed by atoms with E-state index in [0.717, 1.165) is 0 Å². The third-order valence-electron chi connectivity index (χ3n) is 2.25. The first-order valence-corrected chi connectivity index (χ1v) is 4.60. The molecule has 1 aromatic carbocycles. The third-order valence-corrected chi connectivity index (χ3v) is 2.25. The molecule has 0 amide bonds. The molecule has 1 aromatic rings. The molecule has 0 spiro atoms. The zero-order valence-corrected chi connectivity index (χ0v) is 12.7. The van der Waals surface area contributed by atoms with E-state index in [1.54, 1.807) is 6.07 Å². The second-order valence-electron chi connectivity index (χ2n) is 4.42. The molecule has 0 radical (unpaired) electrons. The van der Waals surface area contributed by atoms with Crippen LogP contribution in [0.4, 0.5) is 0 Å². The van der Waals surface area contributed by atoms with Crippen LogP contribution >= 0.6 is 0 Å². The first kappa shape index (κ1) is 15.9. The summed E-state index contributed by atoms with van der Waals surface area (Å²) in [5.41, 5.74) is 0.489. The van der Waals surface area contributed by atoms with Crippen LogP contribution in [0.2, 0.25) is 0 Å². The van der Waals surface area contributed by atoms with E-state index in [2.05, 4.69) is 0 Å². The number of halogens is 1. The molecule has 1 aliphatic rings. The Balaban J connectivity index is 0.00000112. The van der Waals surface area contributed by atoms with Gasteiger partial charge < -0.3 is 31.6 Å². The van der Waals surface area contributed by atoms with E-state index in [1.807, 2.05) is 20.8 Å². The Morgan fingerprint density at radius 2 is 1.81 bits per heavy atom. The first-order chi connectivity index (χ1) is 6.50. The van der Waals surface area contributed by atoms with Gasteiger partial charge in [-0.1, -0.05) is 26.8 Å². The van der Waals surface area contributed by atoms with E-state index in [1.165, 1.54) is 6.07 Å². The van der Waals surface area contributed by atoms with Crippen molar-refractivity contribution in [2.24, 2.45) is 0 Å². The van der Waals surface area contributed by atoms with Crippen LogP contribution in [0.25, 0.3) is 0 Å². The van der Waals surface area contributed by atoms with Crippen molar-refractivity contribution < 1.29 is 31.6 Å². The summed E-state index contributed by atoms with van der Waals surface area (Å²) in [5.74, 6) is 1.31. The van der Waals surface area contributed by atoms with Gasteiger partial charge in [0.15, 0.2) is 11.5 Å². The van der Waals surface area contributed by atoms with Crippen molar-refractivity contribution in [1.29, 1.82) is 0 Å². The van der Waals surface area contributed by atoms with Gasteiger partial charge in [0.05, 0.1) is 0 Å². The van der Waals surface area contributed by atoms with Gasteiger partial charge in [0.1, 0.15) is 0 Å². The molecule has 0 fully saturated rings. The molecule has 5 heteroatoms. The summed E-state index contributed by atoms with van der Waals surface area (Å²) < 4.78 is 10.5. The van der Waals surface area contributed by atoms with Crippen LogP contribution in [0.1, 0.15) is 26.3 Å². The zero-order chi connectivity index (χ0) is 10.3. The summed E-state index contributed by atoms with van der Waals surface area (Å²) in [6.07, 6.45) is 0. The number of ether oxygens (including phenoxy) is 2. The Hall–Kier alpha value is -0.134. The summed E-state index contributed by atoms with van der Waals surface area (Å²) >= 11 is 0. The molecule has 84 valence electrons. The molecular formula is C11H13BrMgO3. The molecule has 1 aliphatic heterocycles. The van der Waals surface area contributed by atoms with Crippen molar-refractivity contribution in [3.8, 4) is 17.2 Å². The molecule has 1 heterocycles. The molecule has 3 nitrogen and oxygen atoms in total. The molecule has 0 unspecified atom stereocenters. The van der Waals surface area contributed by atoms with Gasteiger partial charge in [-0.3, -0.25) is 0 Å². The molecule has 16 heavy (non-hydrogen) atoms. The third kappa shape index (κ3) is 2.75. The van der Waals surface area contributed by atoms with E-state index in [4.69, 9.17) is 9.47 Å². The Labute approximate surface area is 122 Å². The smallest absolute Gasteiger partial charge is 1.00 e. The van der Waals surface area contributed by atoms with Gasteiger partial charge >= 0.3 is 23.1 Å². The van der Waals surface area contributed by atoms with Crippen molar-refractivity contribution in [2.75, 3.05) is 6.79 Å². The van der Waals surface area contributed by atoms with Crippen molar-refractivity contribution in [1.82, 2.24) is 0 Å². The fraction of sp³-hybridized carbons (Fsp3) is 0.455. The molecule has 0 bridgehead atoms. The maximum atomic E-state index is 11.7. The quantitative estimate of drug-likeness (QED) is 0.542. The van der Waals surface area contributed by atoms with Gasteiger partial charge in [-0.25, -0.2) is 0 Å². The molecule has 0 aliphatic carbocycles. The average molecular weight is 297 g/mol. The molecule has 0 saturated carbocycles. The van der Waals surface area contributed by atoms with Crippen molar-refractivity contribution in [2.45, 2.75) is 26.2 Å². The van der Waals surface area contributed by atoms with Crippen LogP contribution in [-0.4, -0.2) is 29.8 Å². The fourth-order valence-corrected chi connectivity index (χ4v) is 1.66. The standard InChI is InChI=1S/C11H14O3.BrH.Mg/c1-11(2,3)9-7(12)4-5-8-10(9)14-6-13-8;;/h4-5,12H,6H2,1-3H3;1H;/q;;+2/p-2. The minimum absolute atomic E-state index is 0. The molecule has 0 saturated heterocycles. The maximum Gasteiger partial charge on any atom is 2.00 e. The van der Waals surface area contributed by atoms with Crippen LogP contribution in [-0.2, 0) is 5.41 Å². The zero-order valence-electron chi connectivity index (χ0n) is 9.67. The maximum absolute atomic E-state index is 11.7. The molecule has 0 atom stereocenters. The van der Waals surface area contributed by atoms with Gasteiger partial charge in [0.2, 0.25) is 6.79 Å². The Kier molecular flexibility index (Phi) is 5.42. The SMILES string of the molecule is CC(C)(C)c1c([O-])ccc2c1OCO2.[Br-].[Mg+2]. The monoisotopic (exact) mass is 296 g/mol. The predicted octanol–water partition coefficient (Wildman–Crippen LogP) is -1.59. The largest absolute Gasteiger partial charge is 2.00 e. The van der Waals surface area contributed by atoms with Crippen molar-refractivity contribution in [3.05, 3.63) is 17.7 Å². The van der Waals surface area contributed by atoms with Crippen LogP contribution < -0.4 is 31.6 Å². The molecule has 0 N–H and O–H groups in total. The van der Waals surface area contributed by atoms with Gasteiger partial charge in [0.25, 0.3) is 0 Å². The van der Waals surface area contributed by atoms with E-state index >= 15 is 0 Å². The van der Waals surface area contributed by atoms with E-state index in [0.29, 0.717) is 17.1 Å². The van der Waals surface area contributed by atoms with Crippen molar-refractivity contribution in [3.63, 3.8) is 0 Å². The average Bonchev–Trinajstić information content (AvgIpc) is 2.48. The molecule has 0 aromatic heterocycles. The number of benzene rings is 1. The number of rotatable bonds is 0. The van der Waals surface area contributed by atoms with Crippen LogP contribution in [0, 0.1) is 0 Å². The fourth-order valence-electron chi connectivity index (χ4n) is 1.66. The molecular weight excluding hydrogens is 284 g/mol. The minimum atomic E-state index is -0.212. The van der Waals surface area contributed by atoms with E-state index in [-0.39, 0.29) is 58.0 Å². The number of hydrogen-bond acceptors (Lipinski definition) is 3. The van der Waals surface area contributed by atoms with E-state index in [9.17, 15) is 5.11 Å². The number of hydrogen-bond donors (Lipinski definition) is 0. The summed E-state index contributed by atoms with van der Waals surface area (Å²) in [6, 6.07) is 3.20. The minimum Gasteiger partial charge on any atom is -1.00 e. The summed E-state index contributed by atoms with van der Waals surface area (Å²) in [6.45, 7) is 6.19. The second kappa shape index (κ2) is 5.47. The Morgan fingerprint density at radius 3 is 2.38 bits per heavy atom. The summed E-state index contributed by atoms with van der Waals surface area (Å²) in [4.78, 5) is 0. The van der Waals surface area contributed by atoms with Gasteiger partial charge in [0, 0.05) is 0 Å². The summed E-state index contributed by atoms with van der Waals surface area (Å²) in [7, 11) is 0. The van der Waals surface area contributed by atoms with E-state index < -0.39 is 0 Å². The van der Waals surface area contributed by atoms with Gasteiger partial charge in [-0.15, -0.1) is 5.75 Å². The van der Waals surface area contributed by atoms with Crippen LogP contribution in [0.5, 0.6) is 17.2 Å². The topological polar surface area (TPSA) is 41.5 Å². The Morgan fingerprint density at radius 1 is 1.19 bits per heavy atom. The normalized spacial score (nSPS) is 12.7. The van der Waals surface area contributed by atoms with Gasteiger partial charge in [-0.05, 0) is 17.0 Å². The molecule has 2 rings (SSSR count). The van der Waals surface area contributed by atoms with Crippen molar-refractivity contribution >= 4 is 23.1 Å². The Bertz CT molecular complexity index is 374. The summed E-state index contributed by atoms with van der Waals surface area (Å²) in [5, 5.41) is 11.7. The number of fused-ring (bicyclic) bond motifs is 1. The second-order valence-corrected chi connectivity index (χ2v) is 4.42. The van der Waals surface area contributed by atoms with Crippen LogP contribution in [0.3, 0.4) is 0 Å². The first-order valence-electron chi connectivity index (χ1n) is 4.60. The van der Waals surface area contributed by atoms with Crippen LogP contribution in [0.15, 0.2) is 12.1 Å². The predicted molar refractivity (Wildman–Crippen MR) is 56.5 cm³/mol.